The van der Waals surface area contributed by atoms with Gasteiger partial charge in [0.1, 0.15) is 11.4 Å². The van der Waals surface area contributed by atoms with Crippen molar-refractivity contribution in [1.29, 1.82) is 0 Å². The minimum atomic E-state index is -1.70. The molecule has 0 amide bonds. The molecular formula is C23H24N2O7. The highest BCUT2D eigenvalue weighted by Gasteiger charge is 2.55. The number of methoxy groups -OCH3 is 2. The first-order valence-electron chi connectivity index (χ1n) is 9.96. The molecule has 4 rings (SSSR count). The summed E-state index contributed by atoms with van der Waals surface area (Å²) in [5.41, 5.74) is 0.585. The van der Waals surface area contributed by atoms with Crippen LogP contribution in [-0.2, 0) is 24.5 Å². The van der Waals surface area contributed by atoms with Crippen molar-refractivity contribution < 1.29 is 34.0 Å². The third-order valence-corrected chi connectivity index (χ3v) is 6.08. The van der Waals surface area contributed by atoms with E-state index in [9.17, 15) is 19.8 Å². The number of esters is 2. The largest absolute Gasteiger partial charge is 0.467 e. The van der Waals surface area contributed by atoms with Crippen LogP contribution in [0.25, 0.3) is 0 Å². The first-order valence-corrected chi connectivity index (χ1v) is 9.96. The number of carbonyl (C=O) groups is 2. The third-order valence-electron chi connectivity index (χ3n) is 6.08. The van der Waals surface area contributed by atoms with E-state index in [0.29, 0.717) is 0 Å². The van der Waals surface area contributed by atoms with Gasteiger partial charge in [-0.2, -0.15) is 0 Å². The summed E-state index contributed by atoms with van der Waals surface area (Å²) >= 11 is 0. The molecular weight excluding hydrogens is 416 g/mol. The first-order chi connectivity index (χ1) is 15.1. The average Bonchev–Trinajstić information content (AvgIpc) is 3.01. The monoisotopic (exact) mass is 440 g/mol. The van der Waals surface area contributed by atoms with Crippen LogP contribution in [0.1, 0.15) is 42.7 Å². The molecule has 0 radical (unpaired) electrons. The van der Waals surface area contributed by atoms with Gasteiger partial charge in [0, 0.05) is 11.3 Å². The Bertz CT molecular complexity index is 1130. The van der Waals surface area contributed by atoms with Crippen LogP contribution in [0.3, 0.4) is 0 Å². The Hall–Kier alpha value is -3.43. The molecule has 3 N–H and O–H groups in total. The number of fused-ring (bicyclic) bond motifs is 2. The highest BCUT2D eigenvalue weighted by molar-refractivity contribution is 5.89. The van der Waals surface area contributed by atoms with Crippen LogP contribution >= 0.6 is 0 Å². The van der Waals surface area contributed by atoms with Gasteiger partial charge < -0.3 is 29.7 Å². The average molecular weight is 440 g/mol. The summed E-state index contributed by atoms with van der Waals surface area (Å²) in [6.07, 6.45) is -1.75. The lowest BCUT2D eigenvalue weighted by Gasteiger charge is -2.41. The fraction of sp³-hybridized carbons (Fsp3) is 0.348. The van der Waals surface area contributed by atoms with Gasteiger partial charge in [0.15, 0.2) is 12.2 Å². The van der Waals surface area contributed by atoms with Gasteiger partial charge in [-0.05, 0) is 43.2 Å². The van der Waals surface area contributed by atoms with Gasteiger partial charge >= 0.3 is 11.9 Å². The van der Waals surface area contributed by atoms with Crippen molar-refractivity contribution in [3.63, 3.8) is 0 Å². The van der Waals surface area contributed by atoms with Crippen LogP contribution in [0.4, 0.5) is 11.4 Å². The number of anilines is 1. The van der Waals surface area contributed by atoms with Crippen molar-refractivity contribution >= 4 is 29.5 Å². The van der Waals surface area contributed by atoms with E-state index in [-0.39, 0.29) is 22.6 Å². The molecule has 3 atom stereocenters. The Balaban J connectivity index is 1.85. The first kappa shape index (κ1) is 21.8. The van der Waals surface area contributed by atoms with E-state index in [1.54, 1.807) is 6.21 Å². The summed E-state index contributed by atoms with van der Waals surface area (Å²) in [6.45, 7) is 4.00. The quantitative estimate of drug-likeness (QED) is 0.618. The van der Waals surface area contributed by atoms with Crippen LogP contribution in [-0.4, -0.2) is 48.3 Å². The number of nitrogens with zero attached hydrogens (tertiary/aromatic N) is 1. The van der Waals surface area contributed by atoms with E-state index in [1.165, 1.54) is 12.1 Å². The van der Waals surface area contributed by atoms with Crippen LogP contribution in [0.15, 0.2) is 41.4 Å². The van der Waals surface area contributed by atoms with Gasteiger partial charge in [-0.1, -0.05) is 18.2 Å². The Labute approximate surface area is 184 Å². The predicted molar refractivity (Wildman–Crippen MR) is 115 cm³/mol. The van der Waals surface area contributed by atoms with Gasteiger partial charge in [0.25, 0.3) is 0 Å². The normalized spacial score (nSPS) is 21.6. The fourth-order valence-electron chi connectivity index (χ4n) is 4.12. The van der Waals surface area contributed by atoms with Crippen LogP contribution in [0.2, 0.25) is 0 Å². The molecule has 2 aliphatic rings. The highest BCUT2D eigenvalue weighted by atomic mass is 16.5. The van der Waals surface area contributed by atoms with Gasteiger partial charge in [-0.15, -0.1) is 0 Å². The molecule has 9 heteroatoms. The maximum Gasteiger partial charge on any atom is 0.339 e. The lowest BCUT2D eigenvalue weighted by atomic mass is 9.78. The molecule has 1 spiro atoms. The molecule has 0 aromatic heterocycles. The lowest BCUT2D eigenvalue weighted by molar-refractivity contribution is -0.151. The van der Waals surface area contributed by atoms with Crippen molar-refractivity contribution in [2.45, 2.75) is 37.2 Å². The van der Waals surface area contributed by atoms with E-state index in [2.05, 4.69) is 19.8 Å². The number of carbonyl (C=O) groups excluding carboxylic acids is 2. The van der Waals surface area contributed by atoms with E-state index in [0.717, 1.165) is 25.5 Å². The predicted octanol–water partition coefficient (Wildman–Crippen LogP) is 2.29. The van der Waals surface area contributed by atoms with Crippen LogP contribution < -0.4 is 10.1 Å². The number of nitrogens with one attached hydrogen (secondary N) is 1. The van der Waals surface area contributed by atoms with Gasteiger partial charge in [-0.3, -0.25) is 4.99 Å². The fourth-order valence-corrected chi connectivity index (χ4v) is 4.12. The summed E-state index contributed by atoms with van der Waals surface area (Å²) in [7, 11) is 2.29. The Morgan fingerprint density at radius 3 is 2.38 bits per heavy atom. The standard InChI is InChI=1S/C23H24N2O7/c1-22(2)14-7-5-6-8-15(14)25-23(22)11-24-17-13(19(27)21(29)31-4)9-12(10-16(17)32-23)18(26)20(28)30-3/h5-11,18-19,25-27H,1-4H3. The summed E-state index contributed by atoms with van der Waals surface area (Å²) < 4.78 is 15.7. The number of aliphatic hydroxyl groups is 2. The summed E-state index contributed by atoms with van der Waals surface area (Å²) in [6, 6.07) is 10.5. The number of ether oxygens (including phenoxy) is 3. The molecule has 2 heterocycles. The third kappa shape index (κ3) is 3.12. The summed E-state index contributed by atoms with van der Waals surface area (Å²) in [4.78, 5) is 28.5. The molecule has 0 aliphatic carbocycles. The van der Waals surface area contributed by atoms with Crippen LogP contribution in [0.5, 0.6) is 5.75 Å². The zero-order valence-electron chi connectivity index (χ0n) is 18.1. The summed E-state index contributed by atoms with van der Waals surface area (Å²) in [5.74, 6) is -1.64. The van der Waals surface area contributed by atoms with Crippen molar-refractivity contribution in [3.05, 3.63) is 53.1 Å². The smallest absolute Gasteiger partial charge is 0.339 e. The SMILES string of the molecule is COC(=O)C(O)c1cc2c(c(C(O)C(=O)OC)c1)N=CC1(Nc3ccccc3C1(C)C)O2. The van der Waals surface area contributed by atoms with Crippen LogP contribution in [0, 0.1) is 0 Å². The van der Waals surface area contributed by atoms with E-state index < -0.39 is 35.3 Å². The maximum absolute atomic E-state index is 12.0. The summed E-state index contributed by atoms with van der Waals surface area (Å²) in [5, 5.41) is 24.3. The van der Waals surface area contributed by atoms with Crippen molar-refractivity contribution in [1.82, 2.24) is 0 Å². The molecule has 0 fully saturated rings. The van der Waals surface area contributed by atoms with Crippen molar-refractivity contribution in [3.8, 4) is 5.75 Å². The molecule has 2 aliphatic heterocycles. The molecule has 9 nitrogen and oxygen atoms in total. The Morgan fingerprint density at radius 2 is 1.72 bits per heavy atom. The zero-order valence-corrected chi connectivity index (χ0v) is 18.1. The molecule has 2 aromatic carbocycles. The molecule has 0 bridgehead atoms. The number of benzene rings is 2. The molecule has 32 heavy (non-hydrogen) atoms. The number of aliphatic hydroxyl groups excluding tert-OH is 2. The number of hydrogen-bond acceptors (Lipinski definition) is 9. The molecule has 2 aromatic rings. The second-order valence-electron chi connectivity index (χ2n) is 8.20. The van der Waals surface area contributed by atoms with E-state index >= 15 is 0 Å². The zero-order chi connectivity index (χ0) is 23.3. The molecule has 168 valence electrons. The highest BCUT2D eigenvalue weighted by Crippen LogP contribution is 2.51. The molecule has 0 saturated carbocycles. The number of hydrogen-bond donors (Lipinski definition) is 3. The van der Waals surface area contributed by atoms with Gasteiger partial charge in [0.05, 0.1) is 25.8 Å². The minimum absolute atomic E-state index is 0.0340. The van der Waals surface area contributed by atoms with Gasteiger partial charge in [0.2, 0.25) is 5.72 Å². The maximum atomic E-state index is 12.0. The Morgan fingerprint density at radius 1 is 1.06 bits per heavy atom. The number of aliphatic imine (C=N–C) groups is 1. The van der Waals surface area contributed by atoms with Gasteiger partial charge in [-0.25, -0.2) is 9.59 Å². The topological polar surface area (TPSA) is 127 Å². The minimum Gasteiger partial charge on any atom is -0.467 e. The Kier molecular flexibility index (Phi) is 5.18. The number of rotatable bonds is 4. The van der Waals surface area contributed by atoms with E-state index in [1.807, 2.05) is 38.1 Å². The number of para-hydroxylation sites is 1. The molecule has 3 unspecified atom stereocenters. The lowest BCUT2D eigenvalue weighted by Crippen LogP contribution is -2.56. The van der Waals surface area contributed by atoms with E-state index in [4.69, 9.17) is 4.74 Å². The molecule has 0 saturated heterocycles. The second kappa shape index (κ2) is 7.61. The van der Waals surface area contributed by atoms with Crippen molar-refractivity contribution in [2.75, 3.05) is 19.5 Å². The van der Waals surface area contributed by atoms with Crippen molar-refractivity contribution in [2.24, 2.45) is 4.99 Å². The second-order valence-corrected chi connectivity index (χ2v) is 8.20.